The topological polar surface area (TPSA) is 75.8 Å². The molecule has 2 rings (SSSR count). The first-order valence-corrected chi connectivity index (χ1v) is 4.85. The van der Waals surface area contributed by atoms with Crippen LogP contribution in [0.1, 0.15) is 0 Å². The van der Waals surface area contributed by atoms with Crippen LogP contribution in [0, 0.1) is 0 Å². The lowest BCUT2D eigenvalue weighted by atomic mass is 10.4. The number of hydrogen-bond donors (Lipinski definition) is 1. The normalized spacial score (nSPS) is 20.9. The Kier molecular flexibility index (Phi) is 1.36. The lowest BCUT2D eigenvalue weighted by Crippen LogP contribution is -2.33. The Morgan fingerprint density at radius 1 is 1.58 bits per heavy atom. The van der Waals surface area contributed by atoms with Crippen molar-refractivity contribution >= 4 is 16.4 Å². The summed E-state index contributed by atoms with van der Waals surface area (Å²) in [6.45, 7) is 0.289. The number of allylic oxidation sites excluding steroid dienone is 1. The van der Waals surface area contributed by atoms with Gasteiger partial charge in [-0.2, -0.15) is 8.42 Å². The minimum absolute atomic E-state index is 0.289. The number of nitrogens with zero attached hydrogens (tertiary/aromatic N) is 2. The summed E-state index contributed by atoms with van der Waals surface area (Å²) in [7, 11) is -3.62. The van der Waals surface area contributed by atoms with E-state index in [1.54, 1.807) is 18.4 Å². The van der Waals surface area contributed by atoms with Gasteiger partial charge in [-0.25, -0.2) is 5.14 Å². The van der Waals surface area contributed by atoms with Crippen LogP contribution in [0.3, 0.4) is 0 Å². The van der Waals surface area contributed by atoms with E-state index in [4.69, 9.17) is 5.14 Å². The summed E-state index contributed by atoms with van der Waals surface area (Å²) in [6, 6.07) is 0. The van der Waals surface area contributed by atoms with Crippen LogP contribution >= 0.6 is 0 Å². The van der Waals surface area contributed by atoms with E-state index >= 15 is 0 Å². The van der Waals surface area contributed by atoms with E-state index in [9.17, 15) is 8.42 Å². The molecule has 0 spiro atoms. The maximum absolute atomic E-state index is 11.0. The van der Waals surface area contributed by atoms with Gasteiger partial charge < -0.3 is 0 Å². The maximum atomic E-state index is 11.0. The third-order valence-corrected chi connectivity index (χ3v) is 2.69. The Hall–Kier alpha value is -1.14. The standard InChI is InChI=1S/C6H7N3O2S/c7-12(10,11)9-4-2-5-6(9)1-3-8-5/h1-3H,4H2,(H2,7,10,11). The summed E-state index contributed by atoms with van der Waals surface area (Å²) < 4.78 is 23.0. The number of fused-ring (bicyclic) bond motifs is 1. The molecule has 0 aliphatic carbocycles. The van der Waals surface area contributed by atoms with Gasteiger partial charge in [-0.15, -0.1) is 0 Å². The summed E-state index contributed by atoms with van der Waals surface area (Å²) in [5.74, 6) is 0. The predicted octanol–water partition coefficient (Wildman–Crippen LogP) is -0.642. The van der Waals surface area contributed by atoms with E-state index in [0.717, 1.165) is 4.31 Å². The van der Waals surface area contributed by atoms with Crippen LogP contribution in [0.25, 0.3) is 0 Å². The average molecular weight is 185 g/mol. The summed E-state index contributed by atoms with van der Waals surface area (Å²) in [5.41, 5.74) is 1.25. The molecule has 0 amide bonds. The highest BCUT2D eigenvalue weighted by atomic mass is 32.2. The molecule has 6 heteroatoms. The van der Waals surface area contributed by atoms with Crippen LogP contribution in [-0.2, 0) is 10.2 Å². The molecular weight excluding hydrogens is 178 g/mol. The van der Waals surface area contributed by atoms with Crippen molar-refractivity contribution < 1.29 is 8.42 Å². The van der Waals surface area contributed by atoms with Crippen LogP contribution in [-0.4, -0.2) is 25.5 Å². The smallest absolute Gasteiger partial charge is 0.255 e. The van der Waals surface area contributed by atoms with Crippen LogP contribution in [0.2, 0.25) is 0 Å². The fourth-order valence-corrected chi connectivity index (χ4v) is 1.93. The molecule has 0 saturated heterocycles. The van der Waals surface area contributed by atoms with Gasteiger partial charge in [-0.3, -0.25) is 9.30 Å². The van der Waals surface area contributed by atoms with Crippen LogP contribution < -0.4 is 5.14 Å². The number of nitrogens with two attached hydrogens (primary N) is 1. The summed E-state index contributed by atoms with van der Waals surface area (Å²) >= 11 is 0. The van der Waals surface area contributed by atoms with Gasteiger partial charge in [0.1, 0.15) is 0 Å². The molecule has 0 atom stereocenters. The minimum Gasteiger partial charge on any atom is -0.255 e. The molecule has 0 aromatic rings. The van der Waals surface area contributed by atoms with Crippen LogP contribution in [0.5, 0.6) is 0 Å². The molecule has 0 saturated carbocycles. The van der Waals surface area contributed by atoms with E-state index in [-0.39, 0.29) is 6.54 Å². The van der Waals surface area contributed by atoms with Gasteiger partial charge in [0.15, 0.2) is 0 Å². The highest BCUT2D eigenvalue weighted by Gasteiger charge is 2.28. The van der Waals surface area contributed by atoms with E-state index in [1.807, 2.05) is 0 Å². The van der Waals surface area contributed by atoms with Gasteiger partial charge in [0.2, 0.25) is 0 Å². The minimum atomic E-state index is -3.62. The van der Waals surface area contributed by atoms with Gasteiger partial charge >= 0.3 is 0 Å². The monoisotopic (exact) mass is 185 g/mol. The zero-order valence-corrected chi connectivity index (χ0v) is 6.95. The Bertz CT molecular complexity index is 405. The molecule has 0 aromatic heterocycles. The molecule has 0 bridgehead atoms. The highest BCUT2D eigenvalue weighted by Crippen LogP contribution is 2.27. The first-order valence-electron chi connectivity index (χ1n) is 3.34. The van der Waals surface area contributed by atoms with E-state index in [2.05, 4.69) is 4.99 Å². The Labute approximate surface area is 70.1 Å². The largest absolute Gasteiger partial charge is 0.299 e. The molecule has 0 radical (unpaired) electrons. The molecule has 0 fully saturated rings. The predicted molar refractivity (Wildman–Crippen MR) is 44.5 cm³/mol. The molecule has 2 N–H and O–H groups in total. The van der Waals surface area contributed by atoms with Gasteiger partial charge in [0, 0.05) is 6.21 Å². The maximum Gasteiger partial charge on any atom is 0.299 e. The summed E-state index contributed by atoms with van der Waals surface area (Å²) in [5, 5.41) is 4.97. The van der Waals surface area contributed by atoms with Crippen molar-refractivity contribution in [1.29, 1.82) is 0 Å². The lowest BCUT2D eigenvalue weighted by molar-refractivity contribution is 0.520. The Morgan fingerprint density at radius 2 is 2.33 bits per heavy atom. The molecular formula is C6H7N3O2S. The van der Waals surface area contributed by atoms with Gasteiger partial charge in [-0.1, -0.05) is 0 Å². The van der Waals surface area contributed by atoms with Crippen molar-refractivity contribution in [2.75, 3.05) is 6.54 Å². The highest BCUT2D eigenvalue weighted by molar-refractivity contribution is 7.86. The lowest BCUT2D eigenvalue weighted by Gasteiger charge is -2.15. The second-order valence-corrected chi connectivity index (χ2v) is 3.97. The zero-order chi connectivity index (χ0) is 8.77. The SMILES string of the molecule is NS(=O)(=O)N1CC=C2N=CC=C21. The van der Waals surface area contributed by atoms with E-state index in [1.165, 1.54) is 0 Å². The third kappa shape index (κ3) is 0.961. The first-order chi connectivity index (χ1) is 5.59. The van der Waals surface area contributed by atoms with E-state index < -0.39 is 10.2 Å². The molecule has 2 aliphatic heterocycles. The van der Waals surface area contributed by atoms with Crippen LogP contribution in [0.15, 0.2) is 28.5 Å². The van der Waals surface area contributed by atoms with E-state index in [0.29, 0.717) is 11.4 Å². The molecule has 0 unspecified atom stereocenters. The van der Waals surface area contributed by atoms with Gasteiger partial charge in [-0.05, 0) is 12.2 Å². The molecule has 2 aliphatic rings. The quantitative estimate of drug-likeness (QED) is 0.589. The Balaban J connectivity index is 2.40. The molecule has 12 heavy (non-hydrogen) atoms. The number of aliphatic imine (C=N–C) groups is 1. The molecule has 2 heterocycles. The third-order valence-electron chi connectivity index (χ3n) is 1.73. The Morgan fingerprint density at radius 3 is 3.00 bits per heavy atom. The molecule has 5 nitrogen and oxygen atoms in total. The van der Waals surface area contributed by atoms with Crippen molar-refractivity contribution in [1.82, 2.24) is 4.31 Å². The second kappa shape index (κ2) is 2.18. The van der Waals surface area contributed by atoms with Crippen molar-refractivity contribution in [2.45, 2.75) is 0 Å². The number of rotatable bonds is 1. The number of hydrogen-bond acceptors (Lipinski definition) is 3. The van der Waals surface area contributed by atoms with Crippen LogP contribution in [0.4, 0.5) is 0 Å². The fraction of sp³-hybridized carbons (Fsp3) is 0.167. The summed E-state index contributed by atoms with van der Waals surface area (Å²) in [4.78, 5) is 3.94. The van der Waals surface area contributed by atoms with Crippen molar-refractivity contribution in [3.8, 4) is 0 Å². The fourth-order valence-electron chi connectivity index (χ4n) is 1.22. The molecule has 0 aromatic carbocycles. The van der Waals surface area contributed by atoms with Crippen molar-refractivity contribution in [3.05, 3.63) is 23.5 Å². The second-order valence-electron chi connectivity index (χ2n) is 2.50. The van der Waals surface area contributed by atoms with Gasteiger partial charge in [0.05, 0.1) is 17.9 Å². The zero-order valence-electron chi connectivity index (χ0n) is 6.14. The van der Waals surface area contributed by atoms with Gasteiger partial charge in [0.25, 0.3) is 10.2 Å². The molecule has 64 valence electrons. The summed E-state index contributed by atoms with van der Waals surface area (Å²) in [6.07, 6.45) is 4.90. The van der Waals surface area contributed by atoms with Crippen molar-refractivity contribution in [2.24, 2.45) is 10.1 Å². The first kappa shape index (κ1) is 7.51. The average Bonchev–Trinajstić information content (AvgIpc) is 2.37. The van der Waals surface area contributed by atoms with Crippen molar-refractivity contribution in [3.63, 3.8) is 0 Å².